The highest BCUT2D eigenvalue weighted by atomic mass is 16.6. The van der Waals surface area contributed by atoms with Gasteiger partial charge in [-0.2, -0.15) is 0 Å². The van der Waals surface area contributed by atoms with E-state index in [0.717, 1.165) is 24.9 Å². The van der Waals surface area contributed by atoms with Gasteiger partial charge in [-0.15, -0.1) is 0 Å². The van der Waals surface area contributed by atoms with E-state index in [0.29, 0.717) is 12.5 Å². The van der Waals surface area contributed by atoms with Crippen molar-refractivity contribution in [3.63, 3.8) is 0 Å². The predicted octanol–water partition coefficient (Wildman–Crippen LogP) is 1.46. The molecule has 6 heteroatoms. The van der Waals surface area contributed by atoms with Crippen molar-refractivity contribution in [2.75, 3.05) is 13.7 Å². The van der Waals surface area contributed by atoms with Crippen molar-refractivity contribution in [1.29, 1.82) is 0 Å². The third kappa shape index (κ3) is 3.42. The second-order valence-corrected chi connectivity index (χ2v) is 4.89. The summed E-state index contributed by atoms with van der Waals surface area (Å²) < 4.78 is 4.95. The normalized spacial score (nSPS) is 21.8. The minimum atomic E-state index is -0.440. The van der Waals surface area contributed by atoms with Crippen molar-refractivity contribution in [3.05, 3.63) is 33.9 Å². The Morgan fingerprint density at radius 1 is 1.53 bits per heavy atom. The molecule has 1 aliphatic carbocycles. The van der Waals surface area contributed by atoms with Crippen LogP contribution in [-0.4, -0.2) is 29.8 Å². The summed E-state index contributed by atoms with van der Waals surface area (Å²) in [5.74, 6) is 0.791. The van der Waals surface area contributed by atoms with E-state index in [1.54, 1.807) is 6.07 Å². The van der Waals surface area contributed by atoms with Gasteiger partial charge in [-0.25, -0.2) is 0 Å². The summed E-state index contributed by atoms with van der Waals surface area (Å²) in [6.45, 7) is 1.41. The Bertz CT molecular complexity index is 458. The largest absolute Gasteiger partial charge is 0.490 e. The lowest BCUT2D eigenvalue weighted by Gasteiger charge is -2.31. The minimum absolute atomic E-state index is 0.0131. The van der Waals surface area contributed by atoms with E-state index in [4.69, 9.17) is 4.74 Å². The molecule has 1 saturated carbocycles. The molecule has 2 rings (SSSR count). The molecule has 0 unspecified atom stereocenters. The fourth-order valence-corrected chi connectivity index (χ4v) is 2.28. The summed E-state index contributed by atoms with van der Waals surface area (Å²) in [5.41, 5.74) is 0.841. The SMILES string of the molecule is COc1ccc(CNCC2CC(O)C2)cc1[N+](=O)[O-]. The number of nitrogens with zero attached hydrogens (tertiary/aromatic N) is 1. The predicted molar refractivity (Wildman–Crippen MR) is 70.1 cm³/mol. The van der Waals surface area contributed by atoms with Crippen LogP contribution < -0.4 is 10.1 Å². The summed E-state index contributed by atoms with van der Waals surface area (Å²) in [4.78, 5) is 10.4. The van der Waals surface area contributed by atoms with E-state index in [9.17, 15) is 15.2 Å². The Morgan fingerprint density at radius 3 is 2.84 bits per heavy atom. The van der Waals surface area contributed by atoms with E-state index < -0.39 is 4.92 Å². The highest BCUT2D eigenvalue weighted by Crippen LogP contribution is 2.28. The zero-order valence-electron chi connectivity index (χ0n) is 10.8. The molecule has 104 valence electrons. The van der Waals surface area contributed by atoms with Gasteiger partial charge in [0.1, 0.15) is 0 Å². The molecule has 0 aliphatic heterocycles. The number of aliphatic hydroxyl groups is 1. The van der Waals surface area contributed by atoms with Crippen molar-refractivity contribution in [2.24, 2.45) is 5.92 Å². The molecule has 1 aromatic rings. The van der Waals surface area contributed by atoms with E-state index in [2.05, 4.69) is 5.32 Å². The zero-order chi connectivity index (χ0) is 13.8. The molecule has 19 heavy (non-hydrogen) atoms. The van der Waals surface area contributed by atoms with Gasteiger partial charge in [0, 0.05) is 12.6 Å². The van der Waals surface area contributed by atoms with Crippen LogP contribution >= 0.6 is 0 Å². The molecule has 6 nitrogen and oxygen atoms in total. The molecular weight excluding hydrogens is 248 g/mol. The average molecular weight is 266 g/mol. The number of hydrogen-bond donors (Lipinski definition) is 2. The first-order valence-corrected chi connectivity index (χ1v) is 6.30. The topological polar surface area (TPSA) is 84.6 Å². The van der Waals surface area contributed by atoms with Crippen LogP contribution in [0.2, 0.25) is 0 Å². The van der Waals surface area contributed by atoms with Crippen LogP contribution in [0.4, 0.5) is 5.69 Å². The lowest BCUT2D eigenvalue weighted by molar-refractivity contribution is -0.385. The Kier molecular flexibility index (Phi) is 4.34. The third-order valence-corrected chi connectivity index (χ3v) is 3.41. The van der Waals surface area contributed by atoms with Crippen LogP contribution in [0.5, 0.6) is 5.75 Å². The number of nitro benzene ring substituents is 1. The molecule has 0 atom stereocenters. The lowest BCUT2D eigenvalue weighted by atomic mass is 9.82. The number of rotatable bonds is 6. The molecule has 0 saturated heterocycles. The Balaban J connectivity index is 1.89. The molecule has 0 radical (unpaired) electrons. The van der Waals surface area contributed by atoms with E-state index in [1.807, 2.05) is 6.07 Å². The summed E-state index contributed by atoms with van der Waals surface area (Å²) in [7, 11) is 1.42. The van der Waals surface area contributed by atoms with Gasteiger partial charge < -0.3 is 15.2 Å². The maximum Gasteiger partial charge on any atom is 0.311 e. The highest BCUT2D eigenvalue weighted by Gasteiger charge is 2.26. The second-order valence-electron chi connectivity index (χ2n) is 4.89. The van der Waals surface area contributed by atoms with E-state index in [1.165, 1.54) is 13.2 Å². The summed E-state index contributed by atoms with van der Waals surface area (Å²) in [5, 5.41) is 23.3. The number of ether oxygens (including phenoxy) is 1. The maximum atomic E-state index is 10.9. The van der Waals surface area contributed by atoms with Gasteiger partial charge in [0.15, 0.2) is 5.75 Å². The van der Waals surface area contributed by atoms with Crippen LogP contribution in [0.3, 0.4) is 0 Å². The van der Waals surface area contributed by atoms with Gasteiger partial charge in [0.2, 0.25) is 0 Å². The first-order valence-electron chi connectivity index (χ1n) is 6.30. The molecule has 2 N–H and O–H groups in total. The number of methoxy groups -OCH3 is 1. The average Bonchev–Trinajstić information content (AvgIpc) is 2.36. The molecule has 0 heterocycles. The second kappa shape index (κ2) is 5.99. The number of hydrogen-bond acceptors (Lipinski definition) is 5. The summed E-state index contributed by atoms with van der Waals surface area (Å²) in [6, 6.07) is 4.96. The number of aliphatic hydroxyl groups excluding tert-OH is 1. The van der Waals surface area contributed by atoms with Gasteiger partial charge in [-0.3, -0.25) is 10.1 Å². The molecule has 0 amide bonds. The van der Waals surface area contributed by atoms with Crippen LogP contribution in [-0.2, 0) is 6.54 Å². The lowest BCUT2D eigenvalue weighted by Crippen LogP contribution is -2.35. The molecule has 0 aromatic heterocycles. The fraction of sp³-hybridized carbons (Fsp3) is 0.538. The first-order chi connectivity index (χ1) is 9.10. The van der Waals surface area contributed by atoms with Gasteiger partial charge in [0.05, 0.1) is 18.1 Å². The minimum Gasteiger partial charge on any atom is -0.490 e. The smallest absolute Gasteiger partial charge is 0.311 e. The van der Waals surface area contributed by atoms with Gasteiger partial charge in [-0.05, 0) is 36.9 Å². The maximum absolute atomic E-state index is 10.9. The Labute approximate surface area is 111 Å². The standard InChI is InChI=1S/C13H18N2O4/c1-19-13-3-2-9(6-12(13)15(17)18)7-14-8-10-4-11(16)5-10/h2-3,6,10-11,14,16H,4-5,7-8H2,1H3. The van der Waals surface area contributed by atoms with Gasteiger partial charge in [0.25, 0.3) is 0 Å². The van der Waals surface area contributed by atoms with Crippen molar-refractivity contribution < 1.29 is 14.8 Å². The molecule has 1 aromatic carbocycles. The monoisotopic (exact) mass is 266 g/mol. The highest BCUT2D eigenvalue weighted by molar-refractivity contribution is 5.48. The number of nitrogens with one attached hydrogen (secondary N) is 1. The van der Waals surface area contributed by atoms with Gasteiger partial charge in [-0.1, -0.05) is 6.07 Å². The molecule has 1 aliphatic rings. The van der Waals surface area contributed by atoms with Crippen LogP contribution in [0.15, 0.2) is 18.2 Å². The summed E-state index contributed by atoms with van der Waals surface area (Å²) in [6.07, 6.45) is 1.54. The first kappa shape index (κ1) is 13.8. The summed E-state index contributed by atoms with van der Waals surface area (Å²) >= 11 is 0. The van der Waals surface area contributed by atoms with Crippen molar-refractivity contribution in [3.8, 4) is 5.75 Å². The third-order valence-electron chi connectivity index (χ3n) is 3.41. The van der Waals surface area contributed by atoms with Crippen LogP contribution in [0.1, 0.15) is 18.4 Å². The fourth-order valence-electron chi connectivity index (χ4n) is 2.28. The van der Waals surface area contributed by atoms with Crippen molar-refractivity contribution in [2.45, 2.75) is 25.5 Å². The number of nitro groups is 1. The molecular formula is C13H18N2O4. The van der Waals surface area contributed by atoms with E-state index >= 15 is 0 Å². The van der Waals surface area contributed by atoms with Crippen LogP contribution in [0, 0.1) is 16.0 Å². The van der Waals surface area contributed by atoms with Crippen LogP contribution in [0.25, 0.3) is 0 Å². The van der Waals surface area contributed by atoms with E-state index in [-0.39, 0.29) is 17.5 Å². The molecule has 1 fully saturated rings. The van der Waals surface area contributed by atoms with Gasteiger partial charge >= 0.3 is 5.69 Å². The Hall–Kier alpha value is -1.66. The van der Waals surface area contributed by atoms with Crippen molar-refractivity contribution >= 4 is 5.69 Å². The van der Waals surface area contributed by atoms with Crippen molar-refractivity contribution in [1.82, 2.24) is 5.32 Å². The molecule has 0 spiro atoms. The number of benzene rings is 1. The zero-order valence-corrected chi connectivity index (χ0v) is 10.8. The quantitative estimate of drug-likeness (QED) is 0.601. The molecule has 0 bridgehead atoms. The Morgan fingerprint density at radius 2 is 2.26 bits per heavy atom.